The predicted octanol–water partition coefficient (Wildman–Crippen LogP) is 1.90. The third-order valence-corrected chi connectivity index (χ3v) is 5.76. The van der Waals surface area contributed by atoms with Crippen molar-refractivity contribution in [3.8, 4) is 0 Å². The molecule has 1 N–H and O–H groups in total. The molecule has 4 heterocycles. The van der Waals surface area contributed by atoms with E-state index in [1.807, 2.05) is 4.90 Å². The number of amides is 2. The Bertz CT molecular complexity index is 1020. The molecule has 3 aromatic heterocycles. The molecule has 1 unspecified atom stereocenters. The van der Waals surface area contributed by atoms with Gasteiger partial charge in [0, 0.05) is 63.2 Å². The summed E-state index contributed by atoms with van der Waals surface area (Å²) in [5.41, 5.74) is 1.55. The van der Waals surface area contributed by atoms with Gasteiger partial charge in [-0.25, -0.2) is 19.9 Å². The zero-order valence-corrected chi connectivity index (χ0v) is 17.5. The van der Waals surface area contributed by atoms with Crippen molar-refractivity contribution in [3.63, 3.8) is 0 Å². The quantitative estimate of drug-likeness (QED) is 0.625. The largest absolute Gasteiger partial charge is 0.356 e. The van der Waals surface area contributed by atoms with E-state index in [1.165, 1.54) is 6.33 Å². The molecule has 31 heavy (non-hydrogen) atoms. The van der Waals surface area contributed by atoms with Crippen molar-refractivity contribution in [1.29, 1.82) is 0 Å². The molecule has 3 aromatic rings. The first-order valence-corrected chi connectivity index (χ1v) is 10.8. The van der Waals surface area contributed by atoms with Gasteiger partial charge in [-0.3, -0.25) is 14.0 Å². The highest BCUT2D eigenvalue weighted by molar-refractivity contribution is 5.93. The fourth-order valence-corrected chi connectivity index (χ4v) is 3.99. The second kappa shape index (κ2) is 10.1. The van der Waals surface area contributed by atoms with Crippen LogP contribution in [0.25, 0.3) is 5.78 Å². The molecule has 0 aliphatic carbocycles. The van der Waals surface area contributed by atoms with E-state index in [2.05, 4.69) is 25.3 Å². The maximum atomic E-state index is 12.9. The van der Waals surface area contributed by atoms with Crippen molar-refractivity contribution in [1.82, 2.24) is 34.6 Å². The van der Waals surface area contributed by atoms with Gasteiger partial charge in [0.05, 0.1) is 5.56 Å². The number of rotatable bonds is 7. The minimum absolute atomic E-state index is 0.0157. The fourth-order valence-electron chi connectivity index (χ4n) is 3.99. The lowest BCUT2D eigenvalue weighted by atomic mass is 9.97. The standard InChI is InChI=1S/C22H27N7O2/c30-20(4-3-18-12-23-16-24-13-18)25-7-5-17-2-1-9-28(10-6-17)21(31)19-14-27-22-26-8-11-29(22)15-19/h8,11-17H,1-7,9-10H2,(H,25,30). The fraction of sp³-hybridized carbons (Fsp3) is 0.455. The predicted molar refractivity (Wildman–Crippen MR) is 114 cm³/mol. The normalized spacial score (nSPS) is 16.8. The van der Waals surface area contributed by atoms with Crippen molar-refractivity contribution in [3.05, 3.63) is 54.6 Å². The molecule has 0 saturated carbocycles. The van der Waals surface area contributed by atoms with Gasteiger partial charge in [-0.05, 0) is 43.6 Å². The van der Waals surface area contributed by atoms with Gasteiger partial charge in [-0.15, -0.1) is 0 Å². The molecular formula is C22H27N7O2. The number of nitrogens with one attached hydrogen (secondary N) is 1. The molecule has 2 amide bonds. The third-order valence-electron chi connectivity index (χ3n) is 5.76. The molecule has 0 bridgehead atoms. The molecule has 162 valence electrons. The van der Waals surface area contributed by atoms with E-state index in [-0.39, 0.29) is 11.8 Å². The summed E-state index contributed by atoms with van der Waals surface area (Å²) in [4.78, 5) is 43.2. The summed E-state index contributed by atoms with van der Waals surface area (Å²) < 4.78 is 1.77. The Morgan fingerprint density at radius 1 is 1.10 bits per heavy atom. The lowest BCUT2D eigenvalue weighted by molar-refractivity contribution is -0.121. The number of hydrogen-bond acceptors (Lipinski definition) is 6. The minimum atomic E-state index is 0.0157. The molecule has 1 saturated heterocycles. The van der Waals surface area contributed by atoms with Gasteiger partial charge in [-0.2, -0.15) is 0 Å². The van der Waals surface area contributed by atoms with Gasteiger partial charge >= 0.3 is 0 Å². The summed E-state index contributed by atoms with van der Waals surface area (Å²) in [6, 6.07) is 0. The van der Waals surface area contributed by atoms with Crippen LogP contribution in [0, 0.1) is 5.92 Å². The average Bonchev–Trinajstić information content (AvgIpc) is 3.15. The van der Waals surface area contributed by atoms with E-state index in [4.69, 9.17) is 0 Å². The van der Waals surface area contributed by atoms with Crippen LogP contribution in [0.15, 0.2) is 43.5 Å². The van der Waals surface area contributed by atoms with Crippen LogP contribution >= 0.6 is 0 Å². The van der Waals surface area contributed by atoms with Crippen molar-refractivity contribution < 1.29 is 9.59 Å². The molecule has 9 nitrogen and oxygen atoms in total. The lowest BCUT2D eigenvalue weighted by Gasteiger charge is -2.20. The van der Waals surface area contributed by atoms with E-state index >= 15 is 0 Å². The van der Waals surface area contributed by atoms with Gasteiger partial charge in [0.1, 0.15) is 6.33 Å². The van der Waals surface area contributed by atoms with Crippen LogP contribution in [0.2, 0.25) is 0 Å². The Kier molecular flexibility index (Phi) is 6.81. The number of carbonyl (C=O) groups is 2. The molecule has 0 radical (unpaired) electrons. The van der Waals surface area contributed by atoms with Crippen LogP contribution in [0.5, 0.6) is 0 Å². The first-order valence-electron chi connectivity index (χ1n) is 10.8. The van der Waals surface area contributed by atoms with E-state index in [0.29, 0.717) is 36.6 Å². The molecule has 1 aliphatic heterocycles. The number of aryl methyl sites for hydroxylation is 1. The van der Waals surface area contributed by atoms with Gasteiger partial charge in [0.2, 0.25) is 11.7 Å². The van der Waals surface area contributed by atoms with Crippen molar-refractivity contribution in [2.45, 2.75) is 38.5 Å². The maximum absolute atomic E-state index is 12.9. The summed E-state index contributed by atoms with van der Waals surface area (Å²) in [5.74, 6) is 1.17. The molecule has 0 aromatic carbocycles. The van der Waals surface area contributed by atoms with E-state index in [0.717, 1.165) is 44.3 Å². The number of nitrogens with zero attached hydrogens (tertiary/aromatic N) is 6. The summed E-state index contributed by atoms with van der Waals surface area (Å²) in [7, 11) is 0. The monoisotopic (exact) mass is 421 g/mol. The number of likely N-dealkylation sites (tertiary alicyclic amines) is 1. The van der Waals surface area contributed by atoms with Crippen LogP contribution in [-0.4, -0.2) is 60.7 Å². The molecule has 9 heteroatoms. The summed E-state index contributed by atoms with van der Waals surface area (Å²) in [6.45, 7) is 2.15. The first-order chi connectivity index (χ1) is 15.2. The van der Waals surface area contributed by atoms with Gasteiger partial charge in [0.25, 0.3) is 5.91 Å². The maximum Gasteiger partial charge on any atom is 0.256 e. The zero-order chi connectivity index (χ0) is 21.5. The zero-order valence-electron chi connectivity index (χ0n) is 17.5. The Morgan fingerprint density at radius 2 is 1.97 bits per heavy atom. The smallest absolute Gasteiger partial charge is 0.256 e. The number of aromatic nitrogens is 5. The topological polar surface area (TPSA) is 105 Å². The second-order valence-electron chi connectivity index (χ2n) is 7.95. The number of carbonyl (C=O) groups excluding carboxylic acids is 2. The Balaban J connectivity index is 1.20. The average molecular weight is 422 g/mol. The Labute approximate surface area is 180 Å². The highest BCUT2D eigenvalue weighted by Crippen LogP contribution is 2.21. The molecule has 0 spiro atoms. The molecule has 1 fully saturated rings. The van der Waals surface area contributed by atoms with Crippen LogP contribution in [0.3, 0.4) is 0 Å². The van der Waals surface area contributed by atoms with Crippen LogP contribution in [0.4, 0.5) is 0 Å². The SMILES string of the molecule is O=C(CCc1cncnc1)NCCC1CCCN(C(=O)c2cnc3nccn3c2)CC1. The van der Waals surface area contributed by atoms with Crippen LogP contribution in [0.1, 0.15) is 48.0 Å². The van der Waals surface area contributed by atoms with E-state index < -0.39 is 0 Å². The molecule has 4 rings (SSSR count). The second-order valence-corrected chi connectivity index (χ2v) is 7.95. The van der Waals surface area contributed by atoms with Crippen molar-refractivity contribution in [2.75, 3.05) is 19.6 Å². The first kappa shape index (κ1) is 20.9. The lowest BCUT2D eigenvalue weighted by Crippen LogP contribution is -2.32. The Hall–Kier alpha value is -3.36. The van der Waals surface area contributed by atoms with Crippen molar-refractivity contribution in [2.24, 2.45) is 5.92 Å². The number of imidazole rings is 1. The van der Waals surface area contributed by atoms with E-state index in [1.54, 1.807) is 41.6 Å². The van der Waals surface area contributed by atoms with Crippen LogP contribution in [-0.2, 0) is 11.2 Å². The van der Waals surface area contributed by atoms with Crippen molar-refractivity contribution >= 4 is 17.6 Å². The minimum Gasteiger partial charge on any atom is -0.356 e. The molecule has 1 aliphatic rings. The summed E-state index contributed by atoms with van der Waals surface area (Å²) >= 11 is 0. The highest BCUT2D eigenvalue weighted by atomic mass is 16.2. The number of fused-ring (bicyclic) bond motifs is 1. The van der Waals surface area contributed by atoms with E-state index in [9.17, 15) is 9.59 Å². The summed E-state index contributed by atoms with van der Waals surface area (Å²) in [6.07, 6.45) is 16.8. The van der Waals surface area contributed by atoms with Gasteiger partial charge < -0.3 is 10.2 Å². The number of hydrogen-bond donors (Lipinski definition) is 1. The Morgan fingerprint density at radius 3 is 2.84 bits per heavy atom. The van der Waals surface area contributed by atoms with Gasteiger partial charge in [0.15, 0.2) is 0 Å². The third kappa shape index (κ3) is 5.62. The highest BCUT2D eigenvalue weighted by Gasteiger charge is 2.22. The molecular weight excluding hydrogens is 394 g/mol. The van der Waals surface area contributed by atoms with Crippen LogP contribution < -0.4 is 5.32 Å². The van der Waals surface area contributed by atoms with Gasteiger partial charge in [-0.1, -0.05) is 0 Å². The summed E-state index contributed by atoms with van der Waals surface area (Å²) in [5, 5.41) is 3.02. The molecule has 1 atom stereocenters.